The monoisotopic (exact) mass is 492 g/mol. The molecule has 0 fully saturated rings. The number of amides is 1. The van der Waals surface area contributed by atoms with Gasteiger partial charge in [-0.05, 0) is 30.7 Å². The Morgan fingerprint density at radius 3 is 2.44 bits per heavy atom. The molecule has 0 aliphatic rings. The Morgan fingerprint density at radius 2 is 1.79 bits per heavy atom. The molecule has 0 spiro atoms. The minimum Gasteiger partial charge on any atom is -0.460 e. The van der Waals surface area contributed by atoms with Crippen LogP contribution in [-0.2, 0) is 27.5 Å². The molecular weight excluding hydrogens is 472 g/mol. The highest BCUT2D eigenvalue weighted by Crippen LogP contribution is 2.27. The van der Waals surface area contributed by atoms with Gasteiger partial charge in [-0.1, -0.05) is 54.1 Å². The summed E-state index contributed by atoms with van der Waals surface area (Å²) < 4.78 is 5.94. The highest BCUT2D eigenvalue weighted by Gasteiger charge is 2.35. The van der Waals surface area contributed by atoms with Crippen molar-refractivity contribution in [1.29, 1.82) is 0 Å². The van der Waals surface area contributed by atoms with E-state index in [2.05, 4.69) is 15.0 Å². The molecule has 0 saturated carbocycles. The summed E-state index contributed by atoms with van der Waals surface area (Å²) in [6.07, 6.45) is 4.85. The molecular formula is C25H21ClN4O3S. The highest BCUT2D eigenvalue weighted by atomic mass is 35.5. The summed E-state index contributed by atoms with van der Waals surface area (Å²) in [5.41, 5.74) is 2.13. The number of ether oxygens (including phenoxy) is 1. The molecule has 3 aromatic heterocycles. The Bertz CT molecular complexity index is 1250. The van der Waals surface area contributed by atoms with E-state index in [9.17, 15) is 9.59 Å². The van der Waals surface area contributed by atoms with Gasteiger partial charge < -0.3 is 4.74 Å². The average Bonchev–Trinajstić information content (AvgIpc) is 3.28. The highest BCUT2D eigenvalue weighted by molar-refractivity contribution is 7.15. The fourth-order valence-electron chi connectivity index (χ4n) is 3.30. The summed E-state index contributed by atoms with van der Waals surface area (Å²) in [4.78, 5) is 42.0. The second kappa shape index (κ2) is 11.0. The Morgan fingerprint density at radius 1 is 1.00 bits per heavy atom. The number of carbonyl (C=O) groups excluding carboxylic acids is 2. The van der Waals surface area contributed by atoms with E-state index in [1.165, 1.54) is 16.2 Å². The van der Waals surface area contributed by atoms with E-state index in [1.54, 1.807) is 61.1 Å². The summed E-state index contributed by atoms with van der Waals surface area (Å²) >= 11 is 7.26. The predicted molar refractivity (Wildman–Crippen MR) is 131 cm³/mol. The van der Waals surface area contributed by atoms with Crippen molar-refractivity contribution in [1.82, 2.24) is 15.0 Å². The van der Waals surface area contributed by atoms with Gasteiger partial charge in [0, 0.05) is 34.7 Å². The van der Waals surface area contributed by atoms with Gasteiger partial charge in [0.05, 0.1) is 6.54 Å². The number of hydrogen-bond acceptors (Lipinski definition) is 7. The molecule has 4 aromatic rings. The molecule has 0 radical (unpaired) electrons. The lowest BCUT2D eigenvalue weighted by Gasteiger charge is -2.25. The largest absolute Gasteiger partial charge is 0.460 e. The van der Waals surface area contributed by atoms with Gasteiger partial charge in [0.2, 0.25) is 5.91 Å². The second-order valence-electron chi connectivity index (χ2n) is 7.45. The van der Waals surface area contributed by atoms with Gasteiger partial charge in [-0.2, -0.15) is 0 Å². The normalized spacial score (nSPS) is 11.6. The van der Waals surface area contributed by atoms with Gasteiger partial charge in [0.15, 0.2) is 10.4 Å². The molecule has 1 aromatic carbocycles. The fraction of sp³-hybridized carbons (Fsp3) is 0.160. The summed E-state index contributed by atoms with van der Waals surface area (Å²) in [7, 11) is 0. The van der Waals surface area contributed by atoms with Crippen molar-refractivity contribution in [3.05, 3.63) is 105 Å². The van der Waals surface area contributed by atoms with Crippen LogP contribution < -0.4 is 4.90 Å². The number of aromatic nitrogens is 3. The van der Waals surface area contributed by atoms with Gasteiger partial charge in [-0.3, -0.25) is 19.5 Å². The Balaban J connectivity index is 1.64. The Labute approximate surface area is 206 Å². The van der Waals surface area contributed by atoms with Crippen molar-refractivity contribution in [3.8, 4) is 0 Å². The van der Waals surface area contributed by atoms with E-state index in [-0.39, 0.29) is 13.2 Å². The third-order valence-corrected chi connectivity index (χ3v) is 6.10. The zero-order chi connectivity index (χ0) is 23.9. The molecule has 1 atom stereocenters. The summed E-state index contributed by atoms with van der Waals surface area (Å²) in [6, 6.07) is 17.8. The van der Waals surface area contributed by atoms with E-state index in [4.69, 9.17) is 16.3 Å². The zero-order valence-corrected chi connectivity index (χ0v) is 19.9. The van der Waals surface area contributed by atoms with E-state index in [1.807, 2.05) is 25.1 Å². The molecule has 7 nitrogen and oxygen atoms in total. The molecule has 4 rings (SSSR count). The third kappa shape index (κ3) is 5.84. The lowest BCUT2D eigenvalue weighted by Crippen LogP contribution is -2.39. The zero-order valence-electron chi connectivity index (χ0n) is 18.3. The van der Waals surface area contributed by atoms with E-state index >= 15 is 0 Å². The number of rotatable bonds is 8. The van der Waals surface area contributed by atoms with Crippen LogP contribution >= 0.6 is 22.9 Å². The van der Waals surface area contributed by atoms with E-state index < -0.39 is 17.8 Å². The second-order valence-corrected chi connectivity index (χ2v) is 9.15. The van der Waals surface area contributed by atoms with Crippen LogP contribution in [0.1, 0.15) is 27.6 Å². The van der Waals surface area contributed by atoms with Crippen molar-refractivity contribution < 1.29 is 14.3 Å². The molecule has 1 unspecified atom stereocenters. The Kier molecular flexibility index (Phi) is 7.61. The number of carbonyl (C=O) groups is 2. The van der Waals surface area contributed by atoms with Crippen molar-refractivity contribution in [2.45, 2.75) is 26.0 Å². The van der Waals surface area contributed by atoms with Crippen molar-refractivity contribution in [2.24, 2.45) is 0 Å². The molecule has 0 bridgehead atoms. The summed E-state index contributed by atoms with van der Waals surface area (Å²) in [5.74, 6) is -1.88. The third-order valence-electron chi connectivity index (χ3n) is 5.00. The molecule has 3 heterocycles. The minimum atomic E-state index is -1.18. The maximum absolute atomic E-state index is 13.9. The lowest BCUT2D eigenvalue weighted by atomic mass is 9.97. The average molecular weight is 493 g/mol. The first-order valence-electron chi connectivity index (χ1n) is 10.5. The van der Waals surface area contributed by atoms with Crippen molar-refractivity contribution in [3.63, 3.8) is 0 Å². The van der Waals surface area contributed by atoms with Crippen molar-refractivity contribution in [2.75, 3.05) is 4.90 Å². The van der Waals surface area contributed by atoms with Gasteiger partial charge in [0.1, 0.15) is 12.4 Å². The first-order valence-corrected chi connectivity index (χ1v) is 11.7. The van der Waals surface area contributed by atoms with Crippen LogP contribution in [0.2, 0.25) is 4.47 Å². The van der Waals surface area contributed by atoms with E-state index in [0.717, 1.165) is 16.1 Å². The number of halogens is 1. The lowest BCUT2D eigenvalue weighted by molar-refractivity contribution is -0.149. The maximum atomic E-state index is 13.9. The van der Waals surface area contributed by atoms with E-state index in [0.29, 0.717) is 15.8 Å². The molecule has 9 heteroatoms. The number of aryl methyl sites for hydroxylation is 1. The number of hydrogen-bond donors (Lipinski definition) is 0. The van der Waals surface area contributed by atoms with Crippen molar-refractivity contribution >= 4 is 40.6 Å². The van der Waals surface area contributed by atoms with Crippen LogP contribution in [0.3, 0.4) is 0 Å². The minimum absolute atomic E-state index is 0.0107. The Hall–Kier alpha value is -3.62. The number of esters is 1. The summed E-state index contributed by atoms with van der Waals surface area (Å²) in [5, 5.41) is 0. The molecule has 0 N–H and O–H groups in total. The topological polar surface area (TPSA) is 85.3 Å². The van der Waals surface area contributed by atoms with Crippen LogP contribution in [0, 0.1) is 6.92 Å². The van der Waals surface area contributed by atoms with Crippen LogP contribution in [0.4, 0.5) is 5.82 Å². The van der Waals surface area contributed by atoms with Crippen LogP contribution in [-0.4, -0.2) is 26.8 Å². The first-order chi connectivity index (χ1) is 16.5. The number of anilines is 1. The SMILES string of the molecule is Cc1ccc(COC(=O)C(C(=O)N(Cc2cnc(Cl)s2)c2ccccn2)c2ccccc2)cn1. The molecule has 0 aliphatic heterocycles. The molecule has 172 valence electrons. The maximum Gasteiger partial charge on any atom is 0.323 e. The molecule has 1 amide bonds. The predicted octanol–water partition coefficient (Wildman–Crippen LogP) is 4.96. The van der Waals surface area contributed by atoms with Gasteiger partial charge >= 0.3 is 5.97 Å². The van der Waals surface area contributed by atoms with Crippen LogP contribution in [0.25, 0.3) is 0 Å². The number of nitrogens with zero attached hydrogens (tertiary/aromatic N) is 4. The number of benzene rings is 1. The smallest absolute Gasteiger partial charge is 0.323 e. The molecule has 34 heavy (non-hydrogen) atoms. The van der Waals surface area contributed by atoms with Gasteiger partial charge in [-0.25, -0.2) is 9.97 Å². The van der Waals surface area contributed by atoms with Crippen LogP contribution in [0.15, 0.2) is 79.3 Å². The summed E-state index contributed by atoms with van der Waals surface area (Å²) in [6.45, 7) is 2.05. The van der Waals surface area contributed by atoms with Gasteiger partial charge in [-0.15, -0.1) is 11.3 Å². The first kappa shape index (κ1) is 23.5. The standard InChI is InChI=1S/C25H21ClN4O3S/c1-17-10-11-18(13-28-17)16-33-24(32)22(19-7-3-2-4-8-19)23(31)30(21-9-5-6-12-27-21)15-20-14-29-25(26)34-20/h2-14,22H,15-16H2,1H3. The number of thiazole rings is 1. The molecule has 0 saturated heterocycles. The van der Waals surface area contributed by atoms with Crippen LogP contribution in [0.5, 0.6) is 0 Å². The quantitative estimate of drug-likeness (QED) is 0.255. The number of pyridine rings is 2. The fourth-order valence-corrected chi connectivity index (χ4v) is 4.27. The van der Waals surface area contributed by atoms with Gasteiger partial charge in [0.25, 0.3) is 0 Å². The molecule has 0 aliphatic carbocycles.